The van der Waals surface area contributed by atoms with Gasteiger partial charge in [0.25, 0.3) is 0 Å². The van der Waals surface area contributed by atoms with Crippen molar-refractivity contribution in [3.05, 3.63) is 59.5 Å². The van der Waals surface area contributed by atoms with Crippen LogP contribution in [0.5, 0.6) is 0 Å². The second kappa shape index (κ2) is 8.02. The van der Waals surface area contributed by atoms with Crippen LogP contribution in [0, 0.1) is 11.3 Å². The highest BCUT2D eigenvalue weighted by Gasteiger charge is 2.32. The number of carbonyl (C=O) groups is 1. The minimum atomic E-state index is -4.53. The van der Waals surface area contributed by atoms with Gasteiger partial charge in [-0.15, -0.1) is 0 Å². The molecule has 0 aliphatic rings. The molecule has 0 aliphatic carbocycles. The van der Waals surface area contributed by atoms with E-state index in [4.69, 9.17) is 10.5 Å². The van der Waals surface area contributed by atoms with E-state index in [0.29, 0.717) is 22.6 Å². The number of ether oxygens (including phenoxy) is 1. The van der Waals surface area contributed by atoms with Crippen LogP contribution in [-0.4, -0.2) is 36.7 Å². The van der Waals surface area contributed by atoms with E-state index < -0.39 is 17.7 Å². The number of nitrogens with zero attached hydrogens (tertiary/aromatic N) is 4. The predicted molar refractivity (Wildman–Crippen MR) is 109 cm³/mol. The molecule has 0 bridgehead atoms. The number of aromatic nitrogens is 2. The van der Waals surface area contributed by atoms with Crippen molar-refractivity contribution in [2.45, 2.75) is 6.18 Å². The Hall–Kier alpha value is -4.00. The Labute approximate surface area is 176 Å². The van der Waals surface area contributed by atoms with Crippen LogP contribution in [0.2, 0.25) is 0 Å². The molecule has 0 aliphatic heterocycles. The number of anilines is 2. The van der Waals surface area contributed by atoms with Crippen molar-refractivity contribution < 1.29 is 22.7 Å². The van der Waals surface area contributed by atoms with E-state index in [1.54, 1.807) is 43.3 Å². The number of carbonyl (C=O) groups excluding carboxylic acids is 1. The van der Waals surface area contributed by atoms with Crippen molar-refractivity contribution >= 4 is 17.5 Å². The lowest BCUT2D eigenvalue weighted by Gasteiger charge is -2.18. The van der Waals surface area contributed by atoms with Gasteiger partial charge in [0, 0.05) is 37.7 Å². The Balaban J connectivity index is 2.12. The van der Waals surface area contributed by atoms with Gasteiger partial charge in [0.1, 0.15) is 11.9 Å². The summed E-state index contributed by atoms with van der Waals surface area (Å²) in [5, 5.41) is 9.23. The van der Waals surface area contributed by atoms with Crippen LogP contribution in [-0.2, 0) is 10.9 Å². The molecule has 2 heterocycles. The van der Waals surface area contributed by atoms with E-state index in [-0.39, 0.29) is 16.9 Å². The van der Waals surface area contributed by atoms with Gasteiger partial charge in [0.2, 0.25) is 0 Å². The van der Waals surface area contributed by atoms with Gasteiger partial charge in [-0.05, 0) is 23.8 Å². The first-order chi connectivity index (χ1) is 14.6. The molecule has 2 N–H and O–H groups in total. The second-order valence-electron chi connectivity index (χ2n) is 6.81. The molecule has 1 aromatic carbocycles. The van der Waals surface area contributed by atoms with Crippen molar-refractivity contribution in [1.29, 1.82) is 5.26 Å². The van der Waals surface area contributed by atoms with Gasteiger partial charge in [0.15, 0.2) is 5.69 Å². The van der Waals surface area contributed by atoms with Crippen molar-refractivity contribution in [2.75, 3.05) is 31.8 Å². The maximum absolute atomic E-state index is 13.2. The fraction of sp³-hybridized carbons (Fsp3) is 0.190. The summed E-state index contributed by atoms with van der Waals surface area (Å²) in [4.78, 5) is 17.7. The van der Waals surface area contributed by atoms with E-state index in [1.165, 1.54) is 17.9 Å². The quantitative estimate of drug-likeness (QED) is 0.633. The zero-order valence-electron chi connectivity index (χ0n) is 16.9. The van der Waals surface area contributed by atoms with Crippen LogP contribution in [0.3, 0.4) is 0 Å². The molecule has 7 nitrogen and oxygen atoms in total. The number of rotatable bonds is 4. The van der Waals surface area contributed by atoms with E-state index in [0.717, 1.165) is 12.3 Å². The number of nitrogen functional groups attached to an aromatic ring is 1. The first-order valence-corrected chi connectivity index (χ1v) is 8.93. The highest BCUT2D eigenvalue weighted by molar-refractivity contribution is 5.96. The molecule has 0 saturated heterocycles. The summed E-state index contributed by atoms with van der Waals surface area (Å²) in [6.45, 7) is 0. The monoisotopic (exact) mass is 429 g/mol. The molecule has 0 saturated carbocycles. The third-order valence-electron chi connectivity index (χ3n) is 4.62. The Morgan fingerprint density at radius 1 is 1.26 bits per heavy atom. The second-order valence-corrected chi connectivity index (χ2v) is 6.81. The molecule has 3 aromatic rings. The standard InChI is InChI=1S/C21H18F3N5O2/c1-28(2)19-16(8-14(10-27-19)21(22,23)24)12-4-6-15(7-5-12)29-11-13(9-25)17(26)18(29)20(30)31-3/h4-8,10-11H,26H2,1-3H3. The molecule has 0 radical (unpaired) electrons. The van der Waals surface area contributed by atoms with E-state index in [1.807, 2.05) is 6.07 Å². The highest BCUT2D eigenvalue weighted by Crippen LogP contribution is 2.36. The molecule has 2 aromatic heterocycles. The minimum absolute atomic E-state index is 0.0125. The van der Waals surface area contributed by atoms with E-state index in [9.17, 15) is 23.2 Å². The topological polar surface area (TPSA) is 97.2 Å². The van der Waals surface area contributed by atoms with Gasteiger partial charge in [-0.1, -0.05) is 12.1 Å². The van der Waals surface area contributed by atoms with Crippen LogP contribution in [0.1, 0.15) is 21.6 Å². The minimum Gasteiger partial charge on any atom is -0.464 e. The third kappa shape index (κ3) is 4.02. The molecule has 0 fully saturated rings. The fourth-order valence-electron chi connectivity index (χ4n) is 3.10. The Bertz CT molecular complexity index is 1180. The van der Waals surface area contributed by atoms with Crippen molar-refractivity contribution in [1.82, 2.24) is 9.55 Å². The first-order valence-electron chi connectivity index (χ1n) is 8.93. The van der Waals surface area contributed by atoms with Crippen LogP contribution in [0.4, 0.5) is 24.7 Å². The predicted octanol–water partition coefficient (Wildman–Crippen LogP) is 3.86. The number of hydrogen-bond donors (Lipinski definition) is 1. The average Bonchev–Trinajstić information content (AvgIpc) is 3.08. The van der Waals surface area contributed by atoms with Gasteiger partial charge in [-0.2, -0.15) is 18.4 Å². The summed E-state index contributed by atoms with van der Waals surface area (Å²) >= 11 is 0. The number of esters is 1. The van der Waals surface area contributed by atoms with E-state index in [2.05, 4.69) is 4.98 Å². The number of benzene rings is 1. The summed E-state index contributed by atoms with van der Waals surface area (Å²) in [7, 11) is 4.56. The summed E-state index contributed by atoms with van der Waals surface area (Å²) in [6.07, 6.45) is -2.34. The Morgan fingerprint density at radius 2 is 1.90 bits per heavy atom. The maximum atomic E-state index is 13.2. The smallest absolute Gasteiger partial charge is 0.417 e. The molecular weight excluding hydrogens is 411 g/mol. The number of hydrogen-bond acceptors (Lipinski definition) is 6. The average molecular weight is 429 g/mol. The zero-order valence-corrected chi connectivity index (χ0v) is 16.9. The van der Waals surface area contributed by atoms with Gasteiger partial charge in [-0.3, -0.25) is 0 Å². The number of nitriles is 1. The summed E-state index contributed by atoms with van der Waals surface area (Å²) in [5.41, 5.74) is 6.37. The van der Waals surface area contributed by atoms with Gasteiger partial charge >= 0.3 is 12.1 Å². The first kappa shape index (κ1) is 21.7. The summed E-state index contributed by atoms with van der Waals surface area (Å²) in [5.74, 6) is -0.354. The van der Waals surface area contributed by atoms with E-state index >= 15 is 0 Å². The van der Waals surface area contributed by atoms with Crippen LogP contribution in [0.25, 0.3) is 16.8 Å². The summed E-state index contributed by atoms with van der Waals surface area (Å²) < 4.78 is 45.7. The van der Waals surface area contributed by atoms with Crippen molar-refractivity contribution in [3.8, 4) is 22.9 Å². The highest BCUT2D eigenvalue weighted by atomic mass is 19.4. The van der Waals surface area contributed by atoms with Gasteiger partial charge < -0.3 is 19.9 Å². The molecule has 3 rings (SSSR count). The molecule has 31 heavy (non-hydrogen) atoms. The van der Waals surface area contributed by atoms with Crippen LogP contribution >= 0.6 is 0 Å². The normalized spacial score (nSPS) is 11.1. The Kier molecular flexibility index (Phi) is 5.62. The largest absolute Gasteiger partial charge is 0.464 e. The van der Waals surface area contributed by atoms with Crippen molar-refractivity contribution in [3.63, 3.8) is 0 Å². The Morgan fingerprint density at radius 3 is 2.42 bits per heavy atom. The SMILES string of the molecule is COC(=O)c1c(N)c(C#N)cn1-c1ccc(-c2cc(C(F)(F)F)cnc2N(C)C)cc1. The van der Waals surface area contributed by atoms with Crippen LogP contribution < -0.4 is 10.6 Å². The maximum Gasteiger partial charge on any atom is 0.417 e. The molecule has 10 heteroatoms. The molecule has 0 spiro atoms. The lowest BCUT2D eigenvalue weighted by Crippen LogP contribution is -2.14. The molecule has 0 atom stereocenters. The molecule has 0 amide bonds. The fourth-order valence-corrected chi connectivity index (χ4v) is 3.10. The number of alkyl halides is 3. The lowest BCUT2D eigenvalue weighted by molar-refractivity contribution is -0.137. The van der Waals surface area contributed by atoms with Gasteiger partial charge in [0.05, 0.1) is 23.9 Å². The zero-order chi connectivity index (χ0) is 22.9. The van der Waals surface area contributed by atoms with Gasteiger partial charge in [-0.25, -0.2) is 9.78 Å². The molecular formula is C21H18F3N5O2. The number of nitrogens with two attached hydrogens (primary N) is 1. The summed E-state index contributed by atoms with van der Waals surface area (Å²) in [6, 6.07) is 9.35. The lowest BCUT2D eigenvalue weighted by atomic mass is 10.0. The molecule has 0 unspecified atom stereocenters. The number of pyridine rings is 1. The van der Waals surface area contributed by atoms with Crippen LogP contribution in [0.15, 0.2) is 42.7 Å². The number of halogens is 3. The number of methoxy groups -OCH3 is 1. The van der Waals surface area contributed by atoms with Crippen molar-refractivity contribution in [2.24, 2.45) is 0 Å². The molecule has 160 valence electrons. The third-order valence-corrected chi connectivity index (χ3v) is 4.62.